The van der Waals surface area contributed by atoms with Crippen molar-refractivity contribution in [3.8, 4) is 0 Å². The van der Waals surface area contributed by atoms with Crippen LogP contribution in [0.1, 0.15) is 16.8 Å². The van der Waals surface area contributed by atoms with Crippen molar-refractivity contribution in [2.45, 2.75) is 31.8 Å². The van der Waals surface area contributed by atoms with Crippen LogP contribution in [0.4, 0.5) is 5.82 Å². The molecule has 0 aliphatic carbocycles. The summed E-state index contributed by atoms with van der Waals surface area (Å²) >= 11 is 1.52. The SMILES string of the molecule is COC(=O)Cn1nc(NCc2ccc(S(C)(=O)=O)cc2)c2sc3nc(C)cc(C)c3c21. The molecule has 31 heavy (non-hydrogen) atoms. The third kappa shape index (κ3) is 4.13. The first-order chi connectivity index (χ1) is 14.7. The summed E-state index contributed by atoms with van der Waals surface area (Å²) in [7, 11) is -1.88. The van der Waals surface area contributed by atoms with Gasteiger partial charge in [-0.1, -0.05) is 12.1 Å². The molecule has 0 unspecified atom stereocenters. The van der Waals surface area contributed by atoms with Gasteiger partial charge in [0.25, 0.3) is 0 Å². The normalized spacial score (nSPS) is 11.9. The van der Waals surface area contributed by atoms with Gasteiger partial charge in [-0.05, 0) is 43.2 Å². The molecular weight excluding hydrogens is 436 g/mol. The molecule has 3 heterocycles. The topological polar surface area (TPSA) is 103 Å². The Bertz CT molecular complexity index is 1400. The standard InChI is InChI=1S/C21H22N4O4S2/c1-12-9-13(2)23-21-17(12)18-19(30-21)20(24-25(18)11-16(26)29-3)22-10-14-5-7-15(8-6-14)31(4,27)28/h5-9H,10-11H2,1-4H3,(H,22,24). The molecule has 10 heteroatoms. The minimum absolute atomic E-state index is 0.00309. The molecule has 4 rings (SSSR count). The zero-order chi connectivity index (χ0) is 22.3. The second kappa shape index (κ2) is 7.93. The van der Waals surface area contributed by atoms with Crippen molar-refractivity contribution in [3.63, 3.8) is 0 Å². The Hall–Kier alpha value is -2.98. The molecule has 0 radical (unpaired) electrons. The van der Waals surface area contributed by atoms with E-state index in [0.717, 1.165) is 37.3 Å². The number of aryl methyl sites for hydroxylation is 2. The lowest BCUT2D eigenvalue weighted by molar-refractivity contribution is -0.141. The van der Waals surface area contributed by atoms with Crippen molar-refractivity contribution in [3.05, 3.63) is 47.2 Å². The number of esters is 1. The van der Waals surface area contributed by atoms with Gasteiger partial charge in [-0.25, -0.2) is 18.1 Å². The molecule has 0 spiro atoms. The van der Waals surface area contributed by atoms with Crippen LogP contribution in [-0.2, 0) is 32.5 Å². The number of anilines is 1. The first kappa shape index (κ1) is 21.3. The molecule has 0 fully saturated rings. The van der Waals surface area contributed by atoms with Gasteiger partial charge >= 0.3 is 5.97 Å². The lowest BCUT2D eigenvalue weighted by Gasteiger charge is -2.06. The summed E-state index contributed by atoms with van der Waals surface area (Å²) in [5.41, 5.74) is 3.77. The first-order valence-electron chi connectivity index (χ1n) is 9.54. The van der Waals surface area contributed by atoms with Crippen LogP contribution < -0.4 is 5.32 Å². The van der Waals surface area contributed by atoms with Crippen molar-refractivity contribution in [2.24, 2.45) is 0 Å². The number of rotatable bonds is 6. The molecule has 162 valence electrons. The smallest absolute Gasteiger partial charge is 0.327 e. The highest BCUT2D eigenvalue weighted by atomic mass is 32.2. The average molecular weight is 459 g/mol. The van der Waals surface area contributed by atoms with Crippen molar-refractivity contribution < 1.29 is 17.9 Å². The zero-order valence-corrected chi connectivity index (χ0v) is 19.2. The quantitative estimate of drug-likeness (QED) is 0.441. The van der Waals surface area contributed by atoms with Gasteiger partial charge in [0.15, 0.2) is 15.7 Å². The van der Waals surface area contributed by atoms with Gasteiger partial charge in [0.05, 0.1) is 22.2 Å². The van der Waals surface area contributed by atoms with Crippen LogP contribution in [0.25, 0.3) is 20.4 Å². The number of ether oxygens (including phenoxy) is 1. The number of nitrogens with one attached hydrogen (secondary N) is 1. The van der Waals surface area contributed by atoms with E-state index >= 15 is 0 Å². The number of nitrogens with zero attached hydrogens (tertiary/aromatic N) is 3. The number of carbonyl (C=O) groups is 1. The molecule has 0 amide bonds. The van der Waals surface area contributed by atoms with Crippen molar-refractivity contribution >= 4 is 53.4 Å². The van der Waals surface area contributed by atoms with Gasteiger partial charge in [0.2, 0.25) is 0 Å². The number of thiophene rings is 1. The monoisotopic (exact) mass is 458 g/mol. The lowest BCUT2D eigenvalue weighted by Crippen LogP contribution is -2.13. The average Bonchev–Trinajstić information content (AvgIpc) is 3.23. The number of benzene rings is 1. The molecule has 8 nitrogen and oxygen atoms in total. The fourth-order valence-electron chi connectivity index (χ4n) is 3.50. The van der Waals surface area contributed by atoms with Crippen molar-refractivity contribution in [1.29, 1.82) is 0 Å². The molecule has 0 saturated heterocycles. The van der Waals surface area contributed by atoms with Gasteiger partial charge in [-0.2, -0.15) is 5.10 Å². The Balaban J connectivity index is 1.73. The predicted molar refractivity (Wildman–Crippen MR) is 121 cm³/mol. The largest absolute Gasteiger partial charge is 0.468 e. The summed E-state index contributed by atoms with van der Waals surface area (Å²) in [6.45, 7) is 4.43. The van der Waals surface area contributed by atoms with Gasteiger partial charge in [-0.15, -0.1) is 11.3 Å². The maximum Gasteiger partial charge on any atom is 0.327 e. The van der Waals surface area contributed by atoms with Gasteiger partial charge < -0.3 is 10.1 Å². The summed E-state index contributed by atoms with van der Waals surface area (Å²) in [5, 5.41) is 8.91. The minimum atomic E-state index is -3.23. The molecule has 0 saturated carbocycles. The van der Waals surface area contributed by atoms with E-state index in [1.165, 1.54) is 24.7 Å². The fourth-order valence-corrected chi connectivity index (χ4v) is 5.39. The Morgan fingerprint density at radius 2 is 1.94 bits per heavy atom. The highest BCUT2D eigenvalue weighted by Crippen LogP contribution is 2.39. The van der Waals surface area contributed by atoms with E-state index in [2.05, 4.69) is 15.4 Å². The number of hydrogen-bond donors (Lipinski definition) is 1. The van der Waals surface area contributed by atoms with E-state index in [1.54, 1.807) is 28.9 Å². The summed E-state index contributed by atoms with van der Waals surface area (Å²) in [5.74, 6) is 0.260. The number of fused-ring (bicyclic) bond motifs is 3. The van der Waals surface area contributed by atoms with E-state index in [4.69, 9.17) is 4.74 Å². The second-order valence-corrected chi connectivity index (χ2v) is 10.4. The first-order valence-corrected chi connectivity index (χ1v) is 12.2. The Labute approximate surface area is 183 Å². The number of hydrogen-bond acceptors (Lipinski definition) is 8. The Kier molecular flexibility index (Phi) is 5.44. The van der Waals surface area contributed by atoms with Crippen LogP contribution in [0.3, 0.4) is 0 Å². The van der Waals surface area contributed by atoms with E-state index in [-0.39, 0.29) is 17.4 Å². The molecule has 4 aromatic rings. The minimum Gasteiger partial charge on any atom is -0.468 e. The third-order valence-electron chi connectivity index (χ3n) is 4.97. The van der Waals surface area contributed by atoms with Gasteiger partial charge in [0, 0.05) is 23.9 Å². The van der Waals surface area contributed by atoms with Crippen LogP contribution in [0.15, 0.2) is 35.2 Å². The maximum absolute atomic E-state index is 12.0. The number of carbonyl (C=O) groups excluding carboxylic acids is 1. The summed E-state index contributed by atoms with van der Waals surface area (Å²) in [4.78, 5) is 17.8. The number of sulfone groups is 1. The molecule has 3 aromatic heterocycles. The predicted octanol–water partition coefficient (Wildman–Crippen LogP) is 3.45. The second-order valence-electron chi connectivity index (χ2n) is 7.39. The van der Waals surface area contributed by atoms with Crippen LogP contribution >= 0.6 is 11.3 Å². The van der Waals surface area contributed by atoms with Crippen LogP contribution in [0.5, 0.6) is 0 Å². The Morgan fingerprint density at radius 3 is 2.58 bits per heavy atom. The van der Waals surface area contributed by atoms with Crippen LogP contribution in [0.2, 0.25) is 0 Å². The van der Waals surface area contributed by atoms with Crippen molar-refractivity contribution in [1.82, 2.24) is 14.8 Å². The van der Waals surface area contributed by atoms with Crippen LogP contribution in [0, 0.1) is 13.8 Å². The number of aromatic nitrogens is 3. The molecule has 1 N–H and O–H groups in total. The molecule has 0 atom stereocenters. The van der Waals surface area contributed by atoms with Crippen molar-refractivity contribution in [2.75, 3.05) is 18.7 Å². The molecular formula is C21H22N4O4S2. The molecule has 0 aliphatic heterocycles. The summed E-state index contributed by atoms with van der Waals surface area (Å²) in [6, 6.07) is 8.74. The van der Waals surface area contributed by atoms with Gasteiger partial charge in [0.1, 0.15) is 11.4 Å². The maximum atomic E-state index is 12.0. The molecule has 0 aliphatic rings. The fraction of sp³-hybridized carbons (Fsp3) is 0.286. The lowest BCUT2D eigenvalue weighted by atomic mass is 10.1. The number of methoxy groups -OCH3 is 1. The third-order valence-corrected chi connectivity index (χ3v) is 7.18. The Morgan fingerprint density at radius 1 is 1.23 bits per heavy atom. The van der Waals surface area contributed by atoms with E-state index in [1.807, 2.05) is 19.9 Å². The number of pyridine rings is 1. The zero-order valence-electron chi connectivity index (χ0n) is 17.6. The van der Waals surface area contributed by atoms with E-state index in [9.17, 15) is 13.2 Å². The van der Waals surface area contributed by atoms with Crippen LogP contribution in [-0.4, -0.2) is 42.5 Å². The molecule has 0 bridgehead atoms. The summed E-state index contributed by atoms with van der Waals surface area (Å²) < 4.78 is 30.7. The highest BCUT2D eigenvalue weighted by Gasteiger charge is 2.21. The van der Waals surface area contributed by atoms with E-state index in [0.29, 0.717) is 12.4 Å². The molecule has 1 aromatic carbocycles. The van der Waals surface area contributed by atoms with E-state index < -0.39 is 9.84 Å². The summed E-state index contributed by atoms with van der Waals surface area (Å²) in [6.07, 6.45) is 1.18. The highest BCUT2D eigenvalue weighted by molar-refractivity contribution is 7.90. The van der Waals surface area contributed by atoms with Gasteiger partial charge in [-0.3, -0.25) is 4.79 Å².